The molecule has 0 aliphatic carbocycles. The Hall–Kier alpha value is -1.61. The van der Waals surface area contributed by atoms with Crippen molar-refractivity contribution >= 4 is 0 Å². The van der Waals surface area contributed by atoms with Crippen LogP contribution in [0.3, 0.4) is 0 Å². The van der Waals surface area contributed by atoms with E-state index < -0.39 is 0 Å². The molecule has 96 valence electrons. The number of nitrogens with zero attached hydrogens (tertiary/aromatic N) is 2. The Morgan fingerprint density at radius 1 is 1.22 bits per heavy atom. The summed E-state index contributed by atoms with van der Waals surface area (Å²) >= 11 is 0. The minimum Gasteiger partial charge on any atom is -0.326 e. The summed E-state index contributed by atoms with van der Waals surface area (Å²) in [5, 5.41) is 4.52. The molecule has 1 heterocycles. The van der Waals surface area contributed by atoms with E-state index in [0.717, 1.165) is 12.0 Å². The van der Waals surface area contributed by atoms with E-state index in [1.54, 1.807) is 0 Å². The third kappa shape index (κ3) is 2.18. The summed E-state index contributed by atoms with van der Waals surface area (Å²) in [5.41, 5.74) is 10.6. The van der Waals surface area contributed by atoms with E-state index in [4.69, 9.17) is 5.73 Å². The summed E-state index contributed by atoms with van der Waals surface area (Å²) in [6.07, 6.45) is 2.90. The summed E-state index contributed by atoms with van der Waals surface area (Å²) in [5.74, 6) is 0.413. The number of rotatable bonds is 4. The Labute approximate surface area is 109 Å². The van der Waals surface area contributed by atoms with Crippen LogP contribution in [-0.2, 0) is 13.0 Å². The zero-order valence-corrected chi connectivity index (χ0v) is 11.4. The lowest BCUT2D eigenvalue weighted by Crippen LogP contribution is -2.09. The zero-order valence-electron chi connectivity index (χ0n) is 11.4. The van der Waals surface area contributed by atoms with E-state index in [1.165, 1.54) is 16.9 Å². The molecule has 0 spiro atoms. The van der Waals surface area contributed by atoms with Crippen LogP contribution in [0.1, 0.15) is 43.5 Å². The van der Waals surface area contributed by atoms with Crippen molar-refractivity contribution in [3.8, 4) is 5.69 Å². The molecule has 0 fully saturated rings. The molecular formula is C15H21N3. The monoisotopic (exact) mass is 243 g/mol. The second kappa shape index (κ2) is 5.36. The Morgan fingerprint density at radius 2 is 1.94 bits per heavy atom. The first-order chi connectivity index (χ1) is 8.69. The molecule has 1 aromatic heterocycles. The van der Waals surface area contributed by atoms with Gasteiger partial charge in [0.2, 0.25) is 0 Å². The third-order valence-electron chi connectivity index (χ3n) is 3.25. The van der Waals surface area contributed by atoms with Crippen LogP contribution >= 0.6 is 0 Å². The average molecular weight is 243 g/mol. The normalized spacial score (nSPS) is 11.2. The van der Waals surface area contributed by atoms with Gasteiger partial charge in [-0.15, -0.1) is 0 Å². The first-order valence-electron chi connectivity index (χ1n) is 6.54. The molecule has 2 N–H and O–H groups in total. The van der Waals surface area contributed by atoms with Crippen molar-refractivity contribution in [2.24, 2.45) is 5.73 Å². The Bertz CT molecular complexity index is 526. The van der Waals surface area contributed by atoms with Gasteiger partial charge in [-0.2, -0.15) is 5.10 Å². The van der Waals surface area contributed by atoms with Gasteiger partial charge >= 0.3 is 0 Å². The topological polar surface area (TPSA) is 43.8 Å². The molecule has 18 heavy (non-hydrogen) atoms. The second-order valence-corrected chi connectivity index (χ2v) is 4.81. The van der Waals surface area contributed by atoms with Crippen LogP contribution in [0.25, 0.3) is 5.69 Å². The molecular weight excluding hydrogens is 222 g/mol. The van der Waals surface area contributed by atoms with Crippen molar-refractivity contribution < 1.29 is 0 Å². The number of hydrogen-bond acceptors (Lipinski definition) is 2. The van der Waals surface area contributed by atoms with E-state index in [-0.39, 0.29) is 0 Å². The van der Waals surface area contributed by atoms with Gasteiger partial charge in [0, 0.05) is 12.1 Å². The van der Waals surface area contributed by atoms with Gasteiger partial charge < -0.3 is 5.73 Å². The minimum absolute atomic E-state index is 0.413. The van der Waals surface area contributed by atoms with Gasteiger partial charge in [0.1, 0.15) is 0 Å². The van der Waals surface area contributed by atoms with Crippen molar-refractivity contribution in [2.75, 3.05) is 0 Å². The fourth-order valence-corrected chi connectivity index (χ4v) is 2.37. The molecule has 2 rings (SSSR count). The molecule has 0 aliphatic rings. The van der Waals surface area contributed by atoms with Gasteiger partial charge in [0.15, 0.2) is 0 Å². The summed E-state index contributed by atoms with van der Waals surface area (Å²) < 4.78 is 2.05. The van der Waals surface area contributed by atoms with Gasteiger partial charge in [0.25, 0.3) is 0 Å². The molecule has 0 amide bonds. The number of aromatic nitrogens is 2. The van der Waals surface area contributed by atoms with E-state index in [9.17, 15) is 0 Å². The molecule has 2 aromatic rings. The molecule has 0 atom stereocenters. The van der Waals surface area contributed by atoms with E-state index in [2.05, 4.69) is 50.1 Å². The molecule has 3 heteroatoms. The largest absolute Gasteiger partial charge is 0.326 e. The van der Waals surface area contributed by atoms with Crippen LogP contribution in [-0.4, -0.2) is 9.78 Å². The standard InChI is InChI=1S/C15H21N3/c1-4-12-7-5-6-8-14(12)18-15(11(2)3)13(9-16)10-17-18/h5-8,10-11H,4,9,16H2,1-3H3. The molecule has 0 bridgehead atoms. The quantitative estimate of drug-likeness (QED) is 0.897. The zero-order chi connectivity index (χ0) is 13.1. The SMILES string of the molecule is CCc1ccccc1-n1ncc(CN)c1C(C)C. The molecule has 1 aromatic carbocycles. The number of para-hydroxylation sites is 1. The van der Waals surface area contributed by atoms with Crippen molar-refractivity contribution in [3.05, 3.63) is 47.3 Å². The second-order valence-electron chi connectivity index (χ2n) is 4.81. The Kier molecular flexibility index (Phi) is 3.82. The van der Waals surface area contributed by atoms with Crippen LogP contribution in [0, 0.1) is 0 Å². The lowest BCUT2D eigenvalue weighted by atomic mass is 10.0. The summed E-state index contributed by atoms with van der Waals surface area (Å²) in [4.78, 5) is 0. The number of benzene rings is 1. The van der Waals surface area contributed by atoms with Crippen molar-refractivity contribution in [1.82, 2.24) is 9.78 Å². The average Bonchev–Trinajstić information content (AvgIpc) is 2.82. The number of aryl methyl sites for hydroxylation is 1. The van der Waals surface area contributed by atoms with Crippen molar-refractivity contribution in [3.63, 3.8) is 0 Å². The van der Waals surface area contributed by atoms with E-state index in [1.807, 2.05) is 10.9 Å². The highest BCUT2D eigenvalue weighted by atomic mass is 15.3. The molecule has 0 unspecified atom stereocenters. The highest BCUT2D eigenvalue weighted by molar-refractivity contribution is 5.43. The smallest absolute Gasteiger partial charge is 0.0680 e. The minimum atomic E-state index is 0.413. The fourth-order valence-electron chi connectivity index (χ4n) is 2.37. The third-order valence-corrected chi connectivity index (χ3v) is 3.25. The molecule has 0 saturated carbocycles. The summed E-state index contributed by atoms with van der Waals surface area (Å²) in [7, 11) is 0. The molecule has 0 saturated heterocycles. The summed E-state index contributed by atoms with van der Waals surface area (Å²) in [6.45, 7) is 7.07. The van der Waals surface area contributed by atoms with Crippen LogP contribution in [0.4, 0.5) is 0 Å². The number of hydrogen-bond donors (Lipinski definition) is 1. The van der Waals surface area contributed by atoms with E-state index in [0.29, 0.717) is 12.5 Å². The molecule has 0 radical (unpaired) electrons. The van der Waals surface area contributed by atoms with Gasteiger partial charge in [-0.05, 0) is 24.0 Å². The van der Waals surface area contributed by atoms with Crippen LogP contribution < -0.4 is 5.73 Å². The van der Waals surface area contributed by atoms with Crippen LogP contribution in [0.15, 0.2) is 30.5 Å². The highest BCUT2D eigenvalue weighted by Crippen LogP contribution is 2.24. The van der Waals surface area contributed by atoms with Crippen LogP contribution in [0.2, 0.25) is 0 Å². The highest BCUT2D eigenvalue weighted by Gasteiger charge is 2.15. The Morgan fingerprint density at radius 3 is 2.56 bits per heavy atom. The maximum absolute atomic E-state index is 5.80. The lowest BCUT2D eigenvalue weighted by molar-refractivity contribution is 0.720. The Balaban J connectivity index is 2.60. The summed E-state index contributed by atoms with van der Waals surface area (Å²) in [6, 6.07) is 8.41. The fraction of sp³-hybridized carbons (Fsp3) is 0.400. The predicted molar refractivity (Wildman–Crippen MR) is 74.9 cm³/mol. The number of nitrogens with two attached hydrogens (primary N) is 1. The first-order valence-corrected chi connectivity index (χ1v) is 6.54. The predicted octanol–water partition coefficient (Wildman–Crippen LogP) is 3.02. The first kappa shape index (κ1) is 12.8. The van der Waals surface area contributed by atoms with Crippen molar-refractivity contribution in [2.45, 2.75) is 39.7 Å². The molecule has 0 aliphatic heterocycles. The maximum atomic E-state index is 5.80. The van der Waals surface area contributed by atoms with Gasteiger partial charge in [-0.25, -0.2) is 4.68 Å². The van der Waals surface area contributed by atoms with Crippen LogP contribution in [0.5, 0.6) is 0 Å². The van der Waals surface area contributed by atoms with Crippen molar-refractivity contribution in [1.29, 1.82) is 0 Å². The lowest BCUT2D eigenvalue weighted by Gasteiger charge is -2.15. The van der Waals surface area contributed by atoms with Gasteiger partial charge in [-0.1, -0.05) is 39.0 Å². The van der Waals surface area contributed by atoms with E-state index >= 15 is 0 Å². The maximum Gasteiger partial charge on any atom is 0.0680 e. The van der Waals surface area contributed by atoms with Gasteiger partial charge in [0.05, 0.1) is 17.6 Å². The molecule has 3 nitrogen and oxygen atoms in total. The van der Waals surface area contributed by atoms with Gasteiger partial charge in [-0.3, -0.25) is 0 Å².